The number of anilines is 1. The largest absolute Gasteiger partial charge is 0.338 e. The van der Waals surface area contributed by atoms with Gasteiger partial charge in [-0.2, -0.15) is 0 Å². The molecule has 25 heavy (non-hydrogen) atoms. The molecule has 0 saturated carbocycles. The maximum absolute atomic E-state index is 12.8. The summed E-state index contributed by atoms with van der Waals surface area (Å²) >= 11 is 0. The highest BCUT2D eigenvalue weighted by atomic mass is 35.5. The number of hydrogen-bond donors (Lipinski definition) is 2. The highest BCUT2D eigenvalue weighted by Crippen LogP contribution is 2.22. The summed E-state index contributed by atoms with van der Waals surface area (Å²) in [7, 11) is 0. The Labute approximate surface area is 153 Å². The summed E-state index contributed by atoms with van der Waals surface area (Å²) in [6.45, 7) is 1.98. The fourth-order valence-corrected chi connectivity index (χ4v) is 2.94. The van der Waals surface area contributed by atoms with Crippen molar-refractivity contribution in [2.45, 2.75) is 6.42 Å². The third-order valence-electron chi connectivity index (χ3n) is 4.35. The lowest BCUT2D eigenvalue weighted by molar-refractivity contribution is 0.0788. The van der Waals surface area contributed by atoms with Gasteiger partial charge in [-0.25, -0.2) is 0 Å². The molecule has 2 amide bonds. The summed E-state index contributed by atoms with van der Waals surface area (Å²) in [5.74, 6) is 0.0760. The lowest BCUT2D eigenvalue weighted by Crippen LogP contribution is -2.30. The lowest BCUT2D eigenvalue weighted by atomic mass is 10.1. The molecule has 0 spiro atoms. The van der Waals surface area contributed by atoms with Crippen LogP contribution in [0, 0.1) is 5.92 Å². The molecule has 3 rings (SSSR count). The van der Waals surface area contributed by atoms with Crippen molar-refractivity contribution >= 4 is 29.9 Å². The Bertz CT molecular complexity index is 736. The van der Waals surface area contributed by atoms with E-state index >= 15 is 0 Å². The van der Waals surface area contributed by atoms with Gasteiger partial charge in [0, 0.05) is 18.7 Å². The number of carbonyl (C=O) groups excluding carboxylic acids is 2. The first-order valence-corrected chi connectivity index (χ1v) is 8.14. The molecule has 5 nitrogen and oxygen atoms in total. The van der Waals surface area contributed by atoms with E-state index in [2.05, 4.69) is 5.32 Å². The number of carbonyl (C=O) groups is 2. The van der Waals surface area contributed by atoms with E-state index in [4.69, 9.17) is 5.73 Å². The molecule has 2 aromatic carbocycles. The maximum Gasteiger partial charge on any atom is 0.255 e. The first kappa shape index (κ1) is 19.0. The predicted molar refractivity (Wildman–Crippen MR) is 101 cm³/mol. The minimum absolute atomic E-state index is 0. The molecule has 1 atom stereocenters. The Hall–Kier alpha value is -2.37. The first-order valence-electron chi connectivity index (χ1n) is 8.14. The number of amides is 2. The van der Waals surface area contributed by atoms with Crippen molar-refractivity contribution in [3.8, 4) is 0 Å². The zero-order chi connectivity index (χ0) is 16.9. The fourth-order valence-electron chi connectivity index (χ4n) is 2.94. The standard InChI is InChI=1S/C19H21N3O2.ClH/c20-12-14-10-11-22(13-14)19(24)16-8-4-5-9-17(16)21-18(23)15-6-2-1-3-7-15;/h1-9,14H,10-13,20H2,(H,21,23);1H. The van der Waals surface area contributed by atoms with Gasteiger partial charge in [-0.05, 0) is 43.1 Å². The zero-order valence-corrected chi connectivity index (χ0v) is 14.7. The van der Waals surface area contributed by atoms with Gasteiger partial charge in [0.05, 0.1) is 11.3 Å². The number of para-hydroxylation sites is 1. The van der Waals surface area contributed by atoms with Crippen LogP contribution in [0.15, 0.2) is 54.6 Å². The molecule has 1 fully saturated rings. The summed E-state index contributed by atoms with van der Waals surface area (Å²) in [4.78, 5) is 26.9. The summed E-state index contributed by atoms with van der Waals surface area (Å²) in [6.07, 6.45) is 0.931. The topological polar surface area (TPSA) is 75.4 Å². The number of hydrogen-bond acceptors (Lipinski definition) is 3. The Morgan fingerprint density at radius 2 is 1.76 bits per heavy atom. The minimum atomic E-state index is -0.225. The van der Waals surface area contributed by atoms with Crippen molar-refractivity contribution in [3.05, 3.63) is 65.7 Å². The number of rotatable bonds is 4. The number of nitrogens with one attached hydrogen (secondary N) is 1. The Balaban J connectivity index is 0.00000225. The molecule has 132 valence electrons. The van der Waals surface area contributed by atoms with Gasteiger partial charge < -0.3 is 16.0 Å². The molecule has 0 aliphatic carbocycles. The van der Waals surface area contributed by atoms with Crippen LogP contribution in [0.2, 0.25) is 0 Å². The molecule has 0 bridgehead atoms. The van der Waals surface area contributed by atoms with E-state index in [0.717, 1.165) is 6.42 Å². The number of nitrogens with two attached hydrogens (primary N) is 1. The van der Waals surface area contributed by atoms with Crippen LogP contribution in [-0.2, 0) is 0 Å². The van der Waals surface area contributed by atoms with Crippen LogP contribution in [0.3, 0.4) is 0 Å². The maximum atomic E-state index is 12.8. The van der Waals surface area contributed by atoms with E-state index < -0.39 is 0 Å². The van der Waals surface area contributed by atoms with Gasteiger partial charge in [0.1, 0.15) is 0 Å². The molecule has 2 aromatic rings. The third kappa shape index (κ3) is 4.38. The smallest absolute Gasteiger partial charge is 0.255 e. The third-order valence-corrected chi connectivity index (χ3v) is 4.35. The number of nitrogens with zero attached hydrogens (tertiary/aromatic N) is 1. The van der Waals surface area contributed by atoms with Crippen molar-refractivity contribution in [2.75, 3.05) is 25.0 Å². The SMILES string of the molecule is Cl.NCC1CCN(C(=O)c2ccccc2NC(=O)c2ccccc2)C1. The summed E-state index contributed by atoms with van der Waals surface area (Å²) in [6, 6.07) is 16.1. The quantitative estimate of drug-likeness (QED) is 0.881. The predicted octanol–water partition coefficient (Wildman–Crippen LogP) is 2.78. The molecule has 1 aliphatic rings. The van der Waals surface area contributed by atoms with Crippen LogP contribution in [0.5, 0.6) is 0 Å². The fraction of sp³-hybridized carbons (Fsp3) is 0.263. The average molecular weight is 360 g/mol. The average Bonchev–Trinajstić information content (AvgIpc) is 3.11. The van der Waals surface area contributed by atoms with Gasteiger partial charge in [0.2, 0.25) is 0 Å². The molecular formula is C19H22ClN3O2. The molecule has 1 aliphatic heterocycles. The molecule has 0 aromatic heterocycles. The highest BCUT2D eigenvalue weighted by Gasteiger charge is 2.27. The van der Waals surface area contributed by atoms with Gasteiger partial charge >= 0.3 is 0 Å². The van der Waals surface area contributed by atoms with Crippen LogP contribution in [0.1, 0.15) is 27.1 Å². The van der Waals surface area contributed by atoms with Crippen molar-refractivity contribution in [2.24, 2.45) is 11.7 Å². The van der Waals surface area contributed by atoms with Crippen LogP contribution < -0.4 is 11.1 Å². The van der Waals surface area contributed by atoms with Gasteiger partial charge in [-0.15, -0.1) is 12.4 Å². The second kappa shape index (κ2) is 8.65. The van der Waals surface area contributed by atoms with Crippen LogP contribution >= 0.6 is 12.4 Å². The number of halogens is 1. The Morgan fingerprint density at radius 1 is 1.08 bits per heavy atom. The summed E-state index contributed by atoms with van der Waals surface area (Å²) < 4.78 is 0. The zero-order valence-electron chi connectivity index (χ0n) is 13.9. The van der Waals surface area contributed by atoms with Crippen molar-refractivity contribution in [3.63, 3.8) is 0 Å². The van der Waals surface area contributed by atoms with E-state index in [1.807, 2.05) is 35.2 Å². The molecule has 1 unspecified atom stereocenters. The minimum Gasteiger partial charge on any atom is -0.338 e. The lowest BCUT2D eigenvalue weighted by Gasteiger charge is -2.18. The van der Waals surface area contributed by atoms with E-state index in [1.165, 1.54) is 0 Å². The second-order valence-electron chi connectivity index (χ2n) is 6.01. The van der Waals surface area contributed by atoms with Crippen molar-refractivity contribution in [1.82, 2.24) is 4.90 Å². The summed E-state index contributed by atoms with van der Waals surface area (Å²) in [5.41, 5.74) is 7.31. The molecule has 3 N–H and O–H groups in total. The highest BCUT2D eigenvalue weighted by molar-refractivity contribution is 6.09. The van der Waals surface area contributed by atoms with E-state index in [0.29, 0.717) is 42.4 Å². The Kier molecular flexibility index (Phi) is 6.56. The normalized spacial score (nSPS) is 16.2. The van der Waals surface area contributed by atoms with Crippen molar-refractivity contribution < 1.29 is 9.59 Å². The van der Waals surface area contributed by atoms with E-state index in [9.17, 15) is 9.59 Å². The van der Waals surface area contributed by atoms with E-state index in [1.54, 1.807) is 24.3 Å². The van der Waals surface area contributed by atoms with Gasteiger partial charge in [0.25, 0.3) is 11.8 Å². The van der Waals surface area contributed by atoms with Gasteiger partial charge in [0.15, 0.2) is 0 Å². The molecule has 1 heterocycles. The number of likely N-dealkylation sites (tertiary alicyclic amines) is 1. The van der Waals surface area contributed by atoms with E-state index in [-0.39, 0.29) is 24.2 Å². The number of benzene rings is 2. The van der Waals surface area contributed by atoms with Gasteiger partial charge in [-0.1, -0.05) is 30.3 Å². The van der Waals surface area contributed by atoms with Gasteiger partial charge in [-0.3, -0.25) is 9.59 Å². The second-order valence-corrected chi connectivity index (χ2v) is 6.01. The first-order chi connectivity index (χ1) is 11.7. The van der Waals surface area contributed by atoms with Crippen molar-refractivity contribution in [1.29, 1.82) is 0 Å². The molecule has 1 saturated heterocycles. The van der Waals surface area contributed by atoms with Crippen LogP contribution in [-0.4, -0.2) is 36.3 Å². The molecular weight excluding hydrogens is 338 g/mol. The molecule has 6 heteroatoms. The van der Waals surface area contributed by atoms with Crippen LogP contribution in [0.25, 0.3) is 0 Å². The summed E-state index contributed by atoms with van der Waals surface area (Å²) in [5, 5.41) is 2.85. The van der Waals surface area contributed by atoms with Crippen LogP contribution in [0.4, 0.5) is 5.69 Å². The Morgan fingerprint density at radius 3 is 2.44 bits per heavy atom. The molecule has 0 radical (unpaired) electrons. The monoisotopic (exact) mass is 359 g/mol.